The van der Waals surface area contributed by atoms with Gasteiger partial charge in [0.1, 0.15) is 0 Å². The Bertz CT molecular complexity index is 577. The lowest BCUT2D eigenvalue weighted by Crippen LogP contribution is -1.98. The first-order valence-corrected chi connectivity index (χ1v) is 5.45. The third-order valence-corrected chi connectivity index (χ3v) is 2.26. The van der Waals surface area contributed by atoms with Crippen LogP contribution in [0.1, 0.15) is 12.0 Å². The number of aliphatic carboxylic acids is 1. The molecule has 92 valence electrons. The van der Waals surface area contributed by atoms with E-state index in [1.807, 2.05) is 0 Å². The van der Waals surface area contributed by atoms with Crippen molar-refractivity contribution in [1.82, 2.24) is 20.0 Å². The fourth-order valence-electron chi connectivity index (χ4n) is 1.28. The van der Waals surface area contributed by atoms with E-state index in [0.29, 0.717) is 11.0 Å². The van der Waals surface area contributed by atoms with Gasteiger partial charge in [0.2, 0.25) is 0 Å². The minimum absolute atomic E-state index is 0.0219. The summed E-state index contributed by atoms with van der Waals surface area (Å²) in [4.78, 5) is 10.3. The number of carboxylic acid groups (broad SMARTS) is 1. The monoisotopic (exact) mass is 264 g/mol. The van der Waals surface area contributed by atoms with Gasteiger partial charge in [0, 0.05) is 11.8 Å². The maximum Gasteiger partial charge on any atom is 0.307 e. The molecule has 0 amide bonds. The molecule has 0 aliphatic carbocycles. The molecule has 0 atom stereocenters. The number of hydrogen-bond donors (Lipinski definition) is 1. The molecule has 0 aromatic carbocycles. The highest BCUT2D eigenvalue weighted by atomic mass is 35.5. The highest BCUT2D eigenvalue weighted by Gasteiger charge is 2.01. The molecule has 0 fully saturated rings. The van der Waals surface area contributed by atoms with Gasteiger partial charge in [-0.15, -0.1) is 10.2 Å². The van der Waals surface area contributed by atoms with E-state index < -0.39 is 5.97 Å². The van der Waals surface area contributed by atoms with Crippen LogP contribution in [-0.2, 0) is 4.79 Å². The van der Waals surface area contributed by atoms with Gasteiger partial charge in [-0.25, -0.2) is 4.68 Å². The largest absolute Gasteiger partial charge is 0.481 e. The van der Waals surface area contributed by atoms with Crippen molar-refractivity contribution in [3.05, 3.63) is 41.3 Å². The SMILES string of the molecule is O=C(O)CC=Cc1cnn(-c2ccc(Cl)nn2)c1. The predicted octanol–water partition coefficient (Wildman–Crippen LogP) is 1.80. The second-order valence-corrected chi connectivity index (χ2v) is 3.82. The fourth-order valence-corrected chi connectivity index (χ4v) is 1.38. The van der Waals surface area contributed by atoms with E-state index in [-0.39, 0.29) is 6.42 Å². The van der Waals surface area contributed by atoms with Crippen LogP contribution in [0.5, 0.6) is 0 Å². The Balaban J connectivity index is 2.12. The van der Waals surface area contributed by atoms with Crippen molar-refractivity contribution in [1.29, 1.82) is 0 Å². The lowest BCUT2D eigenvalue weighted by Gasteiger charge is -1.97. The van der Waals surface area contributed by atoms with Crippen LogP contribution in [0.25, 0.3) is 11.9 Å². The average molecular weight is 265 g/mol. The first kappa shape index (κ1) is 12.3. The van der Waals surface area contributed by atoms with Crippen LogP contribution in [0, 0.1) is 0 Å². The summed E-state index contributed by atoms with van der Waals surface area (Å²) >= 11 is 5.63. The Morgan fingerprint density at radius 3 is 2.94 bits per heavy atom. The Morgan fingerprint density at radius 1 is 1.44 bits per heavy atom. The molecule has 0 spiro atoms. The second kappa shape index (κ2) is 5.42. The Kier molecular flexibility index (Phi) is 3.69. The zero-order valence-electron chi connectivity index (χ0n) is 9.19. The van der Waals surface area contributed by atoms with Gasteiger partial charge in [-0.2, -0.15) is 5.10 Å². The van der Waals surface area contributed by atoms with E-state index in [2.05, 4.69) is 15.3 Å². The molecule has 2 aromatic heterocycles. The third kappa shape index (κ3) is 3.14. The van der Waals surface area contributed by atoms with Crippen molar-refractivity contribution in [2.45, 2.75) is 6.42 Å². The summed E-state index contributed by atoms with van der Waals surface area (Å²) in [7, 11) is 0. The summed E-state index contributed by atoms with van der Waals surface area (Å²) in [6, 6.07) is 3.30. The quantitative estimate of drug-likeness (QED) is 0.911. The number of hydrogen-bond acceptors (Lipinski definition) is 4. The minimum Gasteiger partial charge on any atom is -0.481 e. The van der Waals surface area contributed by atoms with Crippen molar-refractivity contribution in [2.75, 3.05) is 0 Å². The zero-order valence-corrected chi connectivity index (χ0v) is 9.95. The topological polar surface area (TPSA) is 80.9 Å². The molecule has 0 saturated heterocycles. The van der Waals surface area contributed by atoms with Crippen LogP contribution in [0.15, 0.2) is 30.6 Å². The summed E-state index contributed by atoms with van der Waals surface area (Å²) in [6.07, 6.45) is 6.54. The van der Waals surface area contributed by atoms with Crippen LogP contribution < -0.4 is 0 Å². The molecule has 1 N–H and O–H groups in total. The molecule has 0 bridgehead atoms. The van der Waals surface area contributed by atoms with E-state index in [0.717, 1.165) is 5.56 Å². The number of carboxylic acids is 1. The van der Waals surface area contributed by atoms with Gasteiger partial charge in [-0.05, 0) is 12.1 Å². The normalized spacial score (nSPS) is 10.9. The number of carbonyl (C=O) groups is 1. The first-order valence-electron chi connectivity index (χ1n) is 5.08. The predicted molar refractivity (Wildman–Crippen MR) is 65.5 cm³/mol. The highest BCUT2D eigenvalue weighted by Crippen LogP contribution is 2.08. The number of aromatic nitrogens is 4. The summed E-state index contributed by atoms with van der Waals surface area (Å²) in [6.45, 7) is 0. The standard InChI is InChI=1S/C11H9ClN4O2/c12-9-4-5-10(15-14-9)16-7-8(6-13-16)2-1-3-11(17)18/h1-2,4-7H,3H2,(H,17,18). The molecule has 0 radical (unpaired) electrons. The molecular formula is C11H9ClN4O2. The maximum absolute atomic E-state index is 10.3. The van der Waals surface area contributed by atoms with Gasteiger partial charge in [-0.1, -0.05) is 23.8 Å². The van der Waals surface area contributed by atoms with Crippen molar-refractivity contribution >= 4 is 23.6 Å². The van der Waals surface area contributed by atoms with Gasteiger partial charge in [-0.3, -0.25) is 4.79 Å². The lowest BCUT2D eigenvalue weighted by molar-refractivity contribution is -0.135. The van der Waals surface area contributed by atoms with E-state index >= 15 is 0 Å². The Morgan fingerprint density at radius 2 is 2.28 bits per heavy atom. The minimum atomic E-state index is -0.873. The molecule has 0 unspecified atom stereocenters. The number of halogens is 1. The van der Waals surface area contributed by atoms with Gasteiger partial charge >= 0.3 is 5.97 Å². The van der Waals surface area contributed by atoms with Gasteiger partial charge < -0.3 is 5.11 Å². The van der Waals surface area contributed by atoms with Crippen LogP contribution in [0.2, 0.25) is 5.15 Å². The van der Waals surface area contributed by atoms with Crippen LogP contribution in [0.4, 0.5) is 0 Å². The number of rotatable bonds is 4. The molecule has 7 heteroatoms. The van der Waals surface area contributed by atoms with Crippen molar-refractivity contribution in [2.24, 2.45) is 0 Å². The van der Waals surface area contributed by atoms with Crippen molar-refractivity contribution in [3.8, 4) is 5.82 Å². The molecule has 2 aromatic rings. The maximum atomic E-state index is 10.3. The summed E-state index contributed by atoms with van der Waals surface area (Å²) in [5, 5.41) is 20.5. The number of nitrogens with zero attached hydrogens (tertiary/aromatic N) is 4. The van der Waals surface area contributed by atoms with E-state index in [4.69, 9.17) is 16.7 Å². The molecular weight excluding hydrogens is 256 g/mol. The molecule has 2 heterocycles. The van der Waals surface area contributed by atoms with E-state index in [1.165, 1.54) is 4.68 Å². The average Bonchev–Trinajstić information content (AvgIpc) is 2.78. The van der Waals surface area contributed by atoms with Crippen LogP contribution >= 0.6 is 11.6 Å². The molecule has 6 nitrogen and oxygen atoms in total. The van der Waals surface area contributed by atoms with E-state index in [9.17, 15) is 4.79 Å². The Hall–Kier alpha value is -2.21. The van der Waals surface area contributed by atoms with E-state index in [1.54, 1.807) is 36.7 Å². The summed E-state index contributed by atoms with van der Waals surface area (Å²) in [5.74, 6) is -0.334. The zero-order chi connectivity index (χ0) is 13.0. The fraction of sp³-hybridized carbons (Fsp3) is 0.0909. The summed E-state index contributed by atoms with van der Waals surface area (Å²) in [5.41, 5.74) is 0.785. The first-order chi connectivity index (χ1) is 8.65. The Labute approximate surface area is 108 Å². The van der Waals surface area contributed by atoms with Crippen LogP contribution in [-0.4, -0.2) is 31.1 Å². The van der Waals surface area contributed by atoms with Gasteiger partial charge in [0.25, 0.3) is 0 Å². The molecule has 0 saturated carbocycles. The summed E-state index contributed by atoms with van der Waals surface area (Å²) < 4.78 is 1.53. The van der Waals surface area contributed by atoms with Crippen molar-refractivity contribution < 1.29 is 9.90 Å². The smallest absolute Gasteiger partial charge is 0.307 e. The van der Waals surface area contributed by atoms with Gasteiger partial charge in [0.05, 0.1) is 12.6 Å². The third-order valence-electron chi connectivity index (χ3n) is 2.06. The van der Waals surface area contributed by atoms with Crippen LogP contribution in [0.3, 0.4) is 0 Å². The second-order valence-electron chi connectivity index (χ2n) is 3.43. The molecule has 2 rings (SSSR count). The lowest BCUT2D eigenvalue weighted by atomic mass is 10.3. The van der Waals surface area contributed by atoms with Gasteiger partial charge in [0.15, 0.2) is 11.0 Å². The van der Waals surface area contributed by atoms with Crippen molar-refractivity contribution in [3.63, 3.8) is 0 Å². The molecule has 0 aliphatic heterocycles. The molecule has 18 heavy (non-hydrogen) atoms. The highest BCUT2D eigenvalue weighted by molar-refractivity contribution is 6.29. The molecule has 0 aliphatic rings.